The van der Waals surface area contributed by atoms with Crippen LogP contribution in [0.25, 0.3) is 0 Å². The Balaban J connectivity index is 2.27. The maximum atomic E-state index is 6.35. The highest BCUT2D eigenvalue weighted by molar-refractivity contribution is 5.42. The largest absolute Gasteiger partial charge is 0.497 e. The average molecular weight is 279 g/mol. The second kappa shape index (κ2) is 6.02. The van der Waals surface area contributed by atoms with Gasteiger partial charge in [0, 0.05) is 24.7 Å². The molecule has 2 atom stereocenters. The summed E-state index contributed by atoms with van der Waals surface area (Å²) in [5.41, 5.74) is 0.904. The van der Waals surface area contributed by atoms with Crippen molar-refractivity contribution in [3.8, 4) is 11.5 Å². The summed E-state index contributed by atoms with van der Waals surface area (Å²) in [5.74, 6) is 2.05. The maximum absolute atomic E-state index is 6.35. The first kappa shape index (κ1) is 15.1. The van der Waals surface area contributed by atoms with Gasteiger partial charge in [-0.15, -0.1) is 0 Å². The molecule has 0 saturated carbocycles. The Morgan fingerprint density at radius 1 is 1.30 bits per heavy atom. The van der Waals surface area contributed by atoms with Crippen molar-refractivity contribution in [2.24, 2.45) is 5.92 Å². The lowest BCUT2D eigenvalue weighted by Gasteiger charge is -2.42. The molecule has 20 heavy (non-hydrogen) atoms. The van der Waals surface area contributed by atoms with Gasteiger partial charge in [-0.3, -0.25) is 0 Å². The van der Waals surface area contributed by atoms with Crippen LogP contribution < -0.4 is 14.8 Å². The van der Waals surface area contributed by atoms with E-state index in [1.807, 2.05) is 18.2 Å². The van der Waals surface area contributed by atoms with Crippen molar-refractivity contribution in [2.45, 2.75) is 32.5 Å². The summed E-state index contributed by atoms with van der Waals surface area (Å²) in [4.78, 5) is 0. The van der Waals surface area contributed by atoms with Gasteiger partial charge >= 0.3 is 0 Å². The van der Waals surface area contributed by atoms with Crippen LogP contribution >= 0.6 is 0 Å². The standard InChI is InChI=1S/C16H25NO3/c1-11(2)16(3)10-17-9-15(20-16)13-7-6-12(18-4)8-14(13)19-5/h6-8,11,15,17H,9-10H2,1-5H3. The molecule has 0 spiro atoms. The Morgan fingerprint density at radius 2 is 2.05 bits per heavy atom. The molecule has 1 aromatic carbocycles. The summed E-state index contributed by atoms with van der Waals surface area (Å²) < 4.78 is 17.1. The molecule has 2 rings (SSSR count). The molecule has 1 heterocycles. The van der Waals surface area contributed by atoms with Crippen LogP contribution in [-0.2, 0) is 4.74 Å². The molecule has 1 aliphatic heterocycles. The van der Waals surface area contributed by atoms with E-state index in [2.05, 4.69) is 26.1 Å². The summed E-state index contributed by atoms with van der Waals surface area (Å²) in [6.45, 7) is 8.21. The Morgan fingerprint density at radius 3 is 2.65 bits per heavy atom. The van der Waals surface area contributed by atoms with Crippen LogP contribution in [0.1, 0.15) is 32.4 Å². The lowest BCUT2D eigenvalue weighted by molar-refractivity contribution is -0.132. The zero-order valence-electron chi connectivity index (χ0n) is 13.0. The monoisotopic (exact) mass is 279 g/mol. The average Bonchev–Trinajstić information content (AvgIpc) is 2.46. The number of rotatable bonds is 4. The third-order valence-electron chi connectivity index (χ3n) is 4.23. The van der Waals surface area contributed by atoms with Gasteiger partial charge in [-0.2, -0.15) is 0 Å². The molecular weight excluding hydrogens is 254 g/mol. The van der Waals surface area contributed by atoms with Crippen LogP contribution in [0.4, 0.5) is 0 Å². The van der Waals surface area contributed by atoms with Gasteiger partial charge in [-0.05, 0) is 25.0 Å². The molecule has 1 aromatic rings. The Hall–Kier alpha value is -1.26. The van der Waals surface area contributed by atoms with Gasteiger partial charge in [-0.25, -0.2) is 0 Å². The molecule has 0 amide bonds. The van der Waals surface area contributed by atoms with Crippen LogP contribution in [0, 0.1) is 5.92 Å². The van der Waals surface area contributed by atoms with Crippen LogP contribution in [0.2, 0.25) is 0 Å². The number of nitrogens with one attached hydrogen (secondary N) is 1. The minimum Gasteiger partial charge on any atom is -0.497 e. The molecule has 2 unspecified atom stereocenters. The first-order valence-corrected chi connectivity index (χ1v) is 7.10. The molecule has 4 nitrogen and oxygen atoms in total. The van der Waals surface area contributed by atoms with Crippen LogP contribution in [0.15, 0.2) is 18.2 Å². The number of hydrogen-bond acceptors (Lipinski definition) is 4. The van der Waals surface area contributed by atoms with Crippen molar-refractivity contribution in [1.29, 1.82) is 0 Å². The molecule has 0 aliphatic carbocycles. The van der Waals surface area contributed by atoms with Crippen molar-refractivity contribution in [1.82, 2.24) is 5.32 Å². The number of methoxy groups -OCH3 is 2. The minimum atomic E-state index is -0.159. The summed E-state index contributed by atoms with van der Waals surface area (Å²) in [6.07, 6.45) is -0.00277. The van der Waals surface area contributed by atoms with Gasteiger partial charge < -0.3 is 19.5 Å². The third-order valence-corrected chi connectivity index (χ3v) is 4.23. The van der Waals surface area contributed by atoms with Crippen LogP contribution in [-0.4, -0.2) is 32.9 Å². The van der Waals surface area contributed by atoms with E-state index in [-0.39, 0.29) is 11.7 Å². The first-order valence-electron chi connectivity index (χ1n) is 7.10. The van der Waals surface area contributed by atoms with Crippen LogP contribution in [0.3, 0.4) is 0 Å². The summed E-state index contributed by atoms with van der Waals surface area (Å²) >= 11 is 0. The highest BCUT2D eigenvalue weighted by atomic mass is 16.5. The number of hydrogen-bond donors (Lipinski definition) is 1. The Kier molecular flexibility index (Phi) is 4.55. The van der Waals surface area contributed by atoms with E-state index in [0.717, 1.165) is 30.2 Å². The van der Waals surface area contributed by atoms with Crippen molar-refractivity contribution in [3.05, 3.63) is 23.8 Å². The second-order valence-electron chi connectivity index (χ2n) is 5.81. The molecular formula is C16H25NO3. The normalized spacial score (nSPS) is 26.6. The first-order chi connectivity index (χ1) is 9.50. The van der Waals surface area contributed by atoms with Crippen molar-refractivity contribution >= 4 is 0 Å². The van der Waals surface area contributed by atoms with E-state index in [1.165, 1.54) is 0 Å². The Bertz CT molecular complexity index is 461. The van der Waals surface area contributed by atoms with E-state index >= 15 is 0 Å². The molecule has 4 heteroatoms. The van der Waals surface area contributed by atoms with Gasteiger partial charge in [0.25, 0.3) is 0 Å². The fourth-order valence-electron chi connectivity index (χ4n) is 2.46. The third kappa shape index (κ3) is 2.91. The Labute approximate surface area is 121 Å². The number of ether oxygens (including phenoxy) is 3. The fourth-order valence-corrected chi connectivity index (χ4v) is 2.46. The van der Waals surface area contributed by atoms with E-state index in [9.17, 15) is 0 Å². The zero-order chi connectivity index (χ0) is 14.8. The quantitative estimate of drug-likeness (QED) is 0.920. The van der Waals surface area contributed by atoms with Gasteiger partial charge in [0.1, 0.15) is 11.5 Å². The van der Waals surface area contributed by atoms with Gasteiger partial charge in [0.15, 0.2) is 0 Å². The molecule has 1 fully saturated rings. The molecule has 0 radical (unpaired) electrons. The van der Waals surface area contributed by atoms with Gasteiger partial charge in [0.2, 0.25) is 0 Å². The van der Waals surface area contributed by atoms with Crippen LogP contribution in [0.5, 0.6) is 11.5 Å². The van der Waals surface area contributed by atoms with Crippen molar-refractivity contribution in [3.63, 3.8) is 0 Å². The summed E-state index contributed by atoms with van der Waals surface area (Å²) in [7, 11) is 3.33. The smallest absolute Gasteiger partial charge is 0.128 e. The van der Waals surface area contributed by atoms with Crippen molar-refractivity contribution in [2.75, 3.05) is 27.3 Å². The topological polar surface area (TPSA) is 39.7 Å². The lowest BCUT2D eigenvalue weighted by atomic mass is 9.89. The van der Waals surface area contributed by atoms with Crippen molar-refractivity contribution < 1.29 is 14.2 Å². The van der Waals surface area contributed by atoms with E-state index < -0.39 is 0 Å². The molecule has 1 N–H and O–H groups in total. The molecule has 0 bridgehead atoms. The highest BCUT2D eigenvalue weighted by Crippen LogP contribution is 2.37. The highest BCUT2D eigenvalue weighted by Gasteiger charge is 2.37. The predicted octanol–water partition coefficient (Wildman–Crippen LogP) is 2.78. The predicted molar refractivity (Wildman–Crippen MR) is 79.5 cm³/mol. The molecule has 1 saturated heterocycles. The van der Waals surface area contributed by atoms with E-state index in [4.69, 9.17) is 14.2 Å². The van der Waals surface area contributed by atoms with E-state index in [1.54, 1.807) is 14.2 Å². The summed E-state index contributed by atoms with van der Waals surface area (Å²) in [5, 5.41) is 3.47. The maximum Gasteiger partial charge on any atom is 0.128 e. The molecule has 0 aromatic heterocycles. The van der Waals surface area contributed by atoms with Gasteiger partial charge in [-0.1, -0.05) is 13.8 Å². The molecule has 1 aliphatic rings. The second-order valence-corrected chi connectivity index (χ2v) is 5.81. The lowest BCUT2D eigenvalue weighted by Crippen LogP contribution is -2.52. The van der Waals surface area contributed by atoms with E-state index in [0.29, 0.717) is 5.92 Å². The molecule has 112 valence electrons. The van der Waals surface area contributed by atoms with Gasteiger partial charge in [0.05, 0.1) is 25.9 Å². The summed E-state index contributed by atoms with van der Waals surface area (Å²) in [6, 6.07) is 5.87. The number of benzene rings is 1. The zero-order valence-corrected chi connectivity index (χ0v) is 13.0. The fraction of sp³-hybridized carbons (Fsp3) is 0.625. The minimum absolute atomic E-state index is 0.00277. The number of morpholine rings is 1. The SMILES string of the molecule is COc1ccc(C2CNCC(C)(C(C)C)O2)c(OC)c1.